The highest BCUT2D eigenvalue weighted by Gasteiger charge is 2.12. The number of benzene rings is 1. The second-order valence-electron chi connectivity index (χ2n) is 5.69. The van der Waals surface area contributed by atoms with Crippen LogP contribution in [-0.4, -0.2) is 15.5 Å². The fraction of sp³-hybridized carbons (Fsp3) is 0.158. The molecular weight excluding hydrogens is 302 g/mol. The maximum absolute atomic E-state index is 12.3. The minimum Gasteiger partial charge on any atom is -0.350 e. The number of rotatable bonds is 4. The Hall–Kier alpha value is -3.08. The number of aromatic nitrogens is 2. The van der Waals surface area contributed by atoms with Crippen molar-refractivity contribution in [3.63, 3.8) is 0 Å². The van der Waals surface area contributed by atoms with Gasteiger partial charge in [-0.2, -0.15) is 0 Å². The van der Waals surface area contributed by atoms with Crippen molar-refractivity contribution in [3.05, 3.63) is 81.9 Å². The smallest absolute Gasteiger partial charge is 0.261 e. The predicted molar refractivity (Wildman–Crippen MR) is 93.8 cm³/mol. The summed E-state index contributed by atoms with van der Waals surface area (Å²) in [7, 11) is 1.94. The number of carbonyl (C=O) groups is 1. The summed E-state index contributed by atoms with van der Waals surface area (Å²) in [4.78, 5) is 27.2. The minimum atomic E-state index is -0.392. The summed E-state index contributed by atoms with van der Waals surface area (Å²) in [5, 5.41) is 2.79. The highest BCUT2D eigenvalue weighted by molar-refractivity contribution is 5.94. The number of carbonyl (C=O) groups excluding carboxylic acids is 1. The Morgan fingerprint density at radius 1 is 1.08 bits per heavy atom. The second kappa shape index (κ2) is 6.58. The average molecular weight is 321 g/mol. The monoisotopic (exact) mass is 321 g/mol. The molecule has 1 aromatic carbocycles. The van der Waals surface area contributed by atoms with Gasteiger partial charge in [-0.05, 0) is 36.8 Å². The first-order chi connectivity index (χ1) is 11.6. The van der Waals surface area contributed by atoms with Gasteiger partial charge in [0, 0.05) is 24.1 Å². The van der Waals surface area contributed by atoms with Crippen LogP contribution in [0.2, 0.25) is 0 Å². The number of amides is 1. The molecule has 0 saturated carbocycles. The standard InChI is InChI=1S/C19H19N3O2/c1-13-8-9-15(22(13)2)12-20-18(23)16-10-11-17(21-19(16)24)14-6-4-3-5-7-14/h3-11H,12H2,1-2H3,(H,20,23)(H,21,24). The van der Waals surface area contributed by atoms with Crippen molar-refractivity contribution in [2.24, 2.45) is 7.05 Å². The summed E-state index contributed by atoms with van der Waals surface area (Å²) in [6.07, 6.45) is 0. The van der Waals surface area contributed by atoms with Gasteiger partial charge in [0.1, 0.15) is 5.56 Å². The molecule has 3 rings (SSSR count). The minimum absolute atomic E-state index is 0.112. The molecule has 3 aromatic rings. The third kappa shape index (κ3) is 3.15. The molecule has 5 nitrogen and oxygen atoms in total. The number of aryl methyl sites for hydroxylation is 1. The highest BCUT2D eigenvalue weighted by atomic mass is 16.2. The molecule has 2 aromatic heterocycles. The Morgan fingerprint density at radius 2 is 1.83 bits per heavy atom. The van der Waals surface area contributed by atoms with E-state index in [2.05, 4.69) is 10.3 Å². The Kier molecular flexibility index (Phi) is 4.33. The quantitative estimate of drug-likeness (QED) is 0.776. The molecule has 0 radical (unpaired) electrons. The van der Waals surface area contributed by atoms with E-state index in [1.54, 1.807) is 12.1 Å². The number of nitrogens with one attached hydrogen (secondary N) is 2. The topological polar surface area (TPSA) is 66.9 Å². The zero-order valence-corrected chi connectivity index (χ0v) is 13.7. The molecule has 0 aliphatic rings. The second-order valence-corrected chi connectivity index (χ2v) is 5.69. The lowest BCUT2D eigenvalue weighted by Gasteiger charge is -2.08. The van der Waals surface area contributed by atoms with E-state index in [0.717, 1.165) is 17.0 Å². The summed E-state index contributed by atoms with van der Waals surface area (Å²) < 4.78 is 2.00. The maximum Gasteiger partial charge on any atom is 0.261 e. The van der Waals surface area contributed by atoms with Gasteiger partial charge in [0.25, 0.3) is 11.5 Å². The summed E-state index contributed by atoms with van der Waals surface area (Å²) in [5.74, 6) is -0.380. The maximum atomic E-state index is 12.3. The van der Waals surface area contributed by atoms with Crippen LogP contribution in [0.4, 0.5) is 0 Å². The lowest BCUT2D eigenvalue weighted by atomic mass is 10.1. The first kappa shape index (κ1) is 15.8. The fourth-order valence-corrected chi connectivity index (χ4v) is 2.55. The Labute approximate surface area is 140 Å². The van der Waals surface area contributed by atoms with Crippen LogP contribution in [0.1, 0.15) is 21.7 Å². The van der Waals surface area contributed by atoms with Crippen LogP contribution >= 0.6 is 0 Å². The van der Waals surface area contributed by atoms with E-state index >= 15 is 0 Å². The van der Waals surface area contributed by atoms with Gasteiger partial charge in [-0.15, -0.1) is 0 Å². The van der Waals surface area contributed by atoms with Crippen LogP contribution in [0.3, 0.4) is 0 Å². The van der Waals surface area contributed by atoms with Crippen molar-refractivity contribution in [3.8, 4) is 11.3 Å². The molecule has 0 aliphatic heterocycles. The summed E-state index contributed by atoms with van der Waals surface area (Å²) in [5.41, 5.74) is 3.41. The largest absolute Gasteiger partial charge is 0.350 e. The van der Waals surface area contributed by atoms with Gasteiger partial charge in [0.05, 0.1) is 6.54 Å². The Bertz CT molecular complexity index is 923. The first-order valence-corrected chi connectivity index (χ1v) is 7.74. The van der Waals surface area contributed by atoms with Crippen LogP contribution in [0.25, 0.3) is 11.3 Å². The molecule has 24 heavy (non-hydrogen) atoms. The lowest BCUT2D eigenvalue weighted by Crippen LogP contribution is -2.29. The molecule has 0 atom stereocenters. The zero-order chi connectivity index (χ0) is 17.1. The molecule has 5 heteroatoms. The third-order valence-electron chi connectivity index (χ3n) is 4.15. The van der Waals surface area contributed by atoms with E-state index < -0.39 is 5.56 Å². The van der Waals surface area contributed by atoms with Gasteiger partial charge in [-0.3, -0.25) is 9.59 Å². The average Bonchev–Trinajstić information content (AvgIpc) is 2.92. The molecule has 0 aliphatic carbocycles. The van der Waals surface area contributed by atoms with Gasteiger partial charge in [-0.25, -0.2) is 0 Å². The molecule has 2 N–H and O–H groups in total. The number of pyridine rings is 1. The van der Waals surface area contributed by atoms with Crippen molar-refractivity contribution in [1.29, 1.82) is 0 Å². The van der Waals surface area contributed by atoms with Crippen LogP contribution in [-0.2, 0) is 13.6 Å². The van der Waals surface area contributed by atoms with E-state index in [1.807, 2.05) is 61.0 Å². The SMILES string of the molecule is Cc1ccc(CNC(=O)c2ccc(-c3ccccc3)[nH]c2=O)n1C. The van der Waals surface area contributed by atoms with Crippen molar-refractivity contribution in [2.45, 2.75) is 13.5 Å². The van der Waals surface area contributed by atoms with Crippen LogP contribution in [0, 0.1) is 6.92 Å². The molecule has 0 unspecified atom stereocenters. The van der Waals surface area contributed by atoms with Gasteiger partial charge in [-0.1, -0.05) is 30.3 Å². The fourth-order valence-electron chi connectivity index (χ4n) is 2.55. The van der Waals surface area contributed by atoms with Crippen molar-refractivity contribution in [1.82, 2.24) is 14.9 Å². The van der Waals surface area contributed by atoms with E-state index in [9.17, 15) is 9.59 Å². The van der Waals surface area contributed by atoms with Crippen molar-refractivity contribution < 1.29 is 4.79 Å². The molecule has 2 heterocycles. The number of hydrogen-bond donors (Lipinski definition) is 2. The Morgan fingerprint density at radius 3 is 2.46 bits per heavy atom. The molecule has 122 valence electrons. The third-order valence-corrected chi connectivity index (χ3v) is 4.15. The molecular formula is C19H19N3O2. The molecule has 0 fully saturated rings. The van der Waals surface area contributed by atoms with E-state index in [1.165, 1.54) is 0 Å². The summed E-state index contributed by atoms with van der Waals surface area (Å²) in [6, 6.07) is 16.8. The van der Waals surface area contributed by atoms with Gasteiger partial charge < -0.3 is 14.9 Å². The zero-order valence-electron chi connectivity index (χ0n) is 13.7. The molecule has 0 bridgehead atoms. The molecule has 0 saturated heterocycles. The number of nitrogens with zero attached hydrogens (tertiary/aromatic N) is 1. The summed E-state index contributed by atoms with van der Waals surface area (Å²) in [6.45, 7) is 2.38. The lowest BCUT2D eigenvalue weighted by molar-refractivity contribution is 0.0948. The van der Waals surface area contributed by atoms with Crippen LogP contribution in [0.15, 0.2) is 59.4 Å². The normalized spacial score (nSPS) is 10.6. The molecule has 0 spiro atoms. The summed E-state index contributed by atoms with van der Waals surface area (Å²) >= 11 is 0. The van der Waals surface area contributed by atoms with E-state index in [-0.39, 0.29) is 11.5 Å². The molecule has 1 amide bonds. The number of aromatic amines is 1. The van der Waals surface area contributed by atoms with Crippen LogP contribution in [0.5, 0.6) is 0 Å². The van der Waals surface area contributed by atoms with Gasteiger partial charge >= 0.3 is 0 Å². The highest BCUT2D eigenvalue weighted by Crippen LogP contribution is 2.14. The van der Waals surface area contributed by atoms with Crippen LogP contribution < -0.4 is 10.9 Å². The predicted octanol–water partition coefficient (Wildman–Crippen LogP) is 2.62. The van der Waals surface area contributed by atoms with E-state index in [4.69, 9.17) is 0 Å². The number of hydrogen-bond acceptors (Lipinski definition) is 2. The van der Waals surface area contributed by atoms with Crippen molar-refractivity contribution in [2.75, 3.05) is 0 Å². The van der Waals surface area contributed by atoms with E-state index in [0.29, 0.717) is 12.2 Å². The van der Waals surface area contributed by atoms with Gasteiger partial charge in [0.15, 0.2) is 0 Å². The van der Waals surface area contributed by atoms with Gasteiger partial charge in [0.2, 0.25) is 0 Å². The first-order valence-electron chi connectivity index (χ1n) is 7.74. The Balaban J connectivity index is 1.76. The number of H-pyrrole nitrogens is 1. The van der Waals surface area contributed by atoms with Crippen molar-refractivity contribution >= 4 is 5.91 Å².